The first kappa shape index (κ1) is 38.8. The minimum atomic E-state index is -4.17. The van der Waals surface area contributed by atoms with Gasteiger partial charge in [-0.1, -0.05) is 121 Å². The van der Waals surface area contributed by atoms with Crippen molar-refractivity contribution in [1.82, 2.24) is 0 Å². The van der Waals surface area contributed by atoms with Crippen LogP contribution in [0.15, 0.2) is 24.3 Å². The molecular weight excluding hydrogens is 549 g/mol. The summed E-state index contributed by atoms with van der Waals surface area (Å²) in [5.41, 5.74) is 0.980. The molecule has 0 heterocycles. The van der Waals surface area contributed by atoms with Gasteiger partial charge in [0.25, 0.3) is 0 Å². The molecule has 0 aliphatic heterocycles. The average molecular weight is 613 g/mol. The molecule has 1 aromatic rings. The van der Waals surface area contributed by atoms with Crippen LogP contribution in [0.25, 0.3) is 0 Å². The van der Waals surface area contributed by atoms with Gasteiger partial charge in [-0.2, -0.15) is 0 Å². The number of nitrogens with one attached hydrogen (secondary N) is 1. The van der Waals surface area contributed by atoms with Gasteiger partial charge in [-0.15, -0.1) is 0 Å². The number of ketones is 1. The highest BCUT2D eigenvalue weighted by molar-refractivity contribution is 7.47. The van der Waals surface area contributed by atoms with Crippen LogP contribution in [-0.2, 0) is 24.8 Å². The highest BCUT2D eigenvalue weighted by atomic mass is 31.2. The summed E-state index contributed by atoms with van der Waals surface area (Å²) >= 11 is 0. The van der Waals surface area contributed by atoms with Crippen LogP contribution in [0.4, 0.5) is 0 Å². The van der Waals surface area contributed by atoms with Crippen molar-refractivity contribution in [2.75, 3.05) is 40.5 Å². The number of hydrogen-bond acceptors (Lipinski definition) is 5. The maximum absolute atomic E-state index is 12.3. The van der Waals surface area contributed by atoms with Gasteiger partial charge in [0.1, 0.15) is 24.7 Å². The van der Waals surface area contributed by atoms with Crippen molar-refractivity contribution in [3.05, 3.63) is 29.8 Å². The molecule has 0 aromatic heterocycles. The summed E-state index contributed by atoms with van der Waals surface area (Å²) in [4.78, 5) is 23.0. The molecule has 7 nitrogen and oxygen atoms in total. The van der Waals surface area contributed by atoms with Crippen molar-refractivity contribution in [3.8, 4) is 5.75 Å². The fraction of sp³-hybridized carbons (Fsp3) is 0.794. The van der Waals surface area contributed by atoms with Crippen molar-refractivity contribution in [3.63, 3.8) is 0 Å². The Labute approximate surface area is 257 Å². The summed E-state index contributed by atoms with van der Waals surface area (Å²) in [6.45, 7) is 5.16. The van der Waals surface area contributed by atoms with E-state index in [1.165, 1.54) is 103 Å². The summed E-state index contributed by atoms with van der Waals surface area (Å²) in [5.74, 6) is 0.579. The van der Waals surface area contributed by atoms with E-state index in [-0.39, 0.29) is 31.3 Å². The zero-order chi connectivity index (χ0) is 30.9. The Bertz CT molecular complexity index is 849. The second-order valence-electron chi connectivity index (χ2n) is 12.3. The molecule has 0 aliphatic rings. The molecule has 2 unspecified atom stereocenters. The predicted octanol–water partition coefficient (Wildman–Crippen LogP) is 7.74. The molecule has 2 atom stereocenters. The van der Waals surface area contributed by atoms with Crippen LogP contribution >= 0.6 is 7.82 Å². The number of para-hydroxylation sites is 1. The largest absolute Gasteiger partial charge is 0.493 e. The van der Waals surface area contributed by atoms with E-state index < -0.39 is 7.82 Å². The van der Waals surface area contributed by atoms with Crippen LogP contribution in [0.1, 0.15) is 129 Å². The number of ether oxygens (including phenoxy) is 1. The van der Waals surface area contributed by atoms with Gasteiger partial charge in [0.15, 0.2) is 0 Å². The molecule has 0 saturated carbocycles. The minimum Gasteiger partial charge on any atom is -0.493 e. The van der Waals surface area contributed by atoms with Gasteiger partial charge in [0, 0.05) is 6.42 Å². The summed E-state index contributed by atoms with van der Waals surface area (Å²) in [5, 5.41) is 0. The van der Waals surface area contributed by atoms with E-state index in [0.29, 0.717) is 19.6 Å². The van der Waals surface area contributed by atoms with Crippen molar-refractivity contribution in [2.24, 2.45) is 5.92 Å². The quantitative estimate of drug-likeness (QED) is 0.0711. The van der Waals surface area contributed by atoms with Gasteiger partial charge in [-0.25, -0.2) is 4.57 Å². The van der Waals surface area contributed by atoms with Gasteiger partial charge < -0.3 is 19.3 Å². The number of phosphoric acid groups is 1. The number of rotatable bonds is 29. The van der Waals surface area contributed by atoms with E-state index in [4.69, 9.17) is 13.8 Å². The van der Waals surface area contributed by atoms with E-state index >= 15 is 0 Å². The second-order valence-corrected chi connectivity index (χ2v) is 13.7. The maximum atomic E-state index is 12.3. The Morgan fingerprint density at radius 3 is 1.86 bits per heavy atom. The summed E-state index contributed by atoms with van der Waals surface area (Å²) < 4.78 is 28.7. The van der Waals surface area contributed by atoms with Crippen LogP contribution in [-0.4, -0.2) is 51.1 Å². The lowest BCUT2D eigenvalue weighted by Crippen LogP contribution is -3.06. The molecule has 1 aromatic carbocycles. The summed E-state index contributed by atoms with van der Waals surface area (Å²) in [6.07, 6.45) is 22.2. The number of hydrogen-bond donors (Lipinski definition) is 2. The number of likely N-dealkylation sites (N-methyl/N-ethyl adjacent to an activating group) is 1. The molecule has 2 N–H and O–H groups in total. The van der Waals surface area contributed by atoms with E-state index in [2.05, 4.69) is 6.92 Å². The third-order valence-electron chi connectivity index (χ3n) is 7.64. The van der Waals surface area contributed by atoms with Crippen LogP contribution in [0, 0.1) is 5.92 Å². The first-order chi connectivity index (χ1) is 20.2. The zero-order valence-electron chi connectivity index (χ0n) is 27.4. The highest BCUT2D eigenvalue weighted by Gasteiger charge is 2.25. The minimum absolute atomic E-state index is 0.0139. The Kier molecular flexibility index (Phi) is 23.2. The summed E-state index contributed by atoms with van der Waals surface area (Å²) in [6, 6.07) is 7.85. The van der Waals surface area contributed by atoms with Crippen LogP contribution in [0.3, 0.4) is 0 Å². The topological polar surface area (TPSA) is 86.5 Å². The number of benzene rings is 1. The number of phosphoric ester groups is 1. The number of quaternary nitrogens is 1. The Hall–Kier alpha value is -1.24. The lowest BCUT2D eigenvalue weighted by molar-refractivity contribution is -0.858. The Morgan fingerprint density at radius 1 is 0.810 bits per heavy atom. The van der Waals surface area contributed by atoms with Gasteiger partial charge >= 0.3 is 7.82 Å². The van der Waals surface area contributed by atoms with Gasteiger partial charge in [-0.3, -0.25) is 9.05 Å². The van der Waals surface area contributed by atoms with Crippen molar-refractivity contribution in [1.29, 1.82) is 0 Å². The Balaban J connectivity index is 2.25. The maximum Gasteiger partial charge on any atom is 0.472 e. The second kappa shape index (κ2) is 25.1. The molecule has 8 heteroatoms. The molecule has 42 heavy (non-hydrogen) atoms. The van der Waals surface area contributed by atoms with Gasteiger partial charge in [-0.05, 0) is 37.3 Å². The first-order valence-electron chi connectivity index (χ1n) is 16.8. The molecule has 0 bridgehead atoms. The number of carbonyl (C=O) groups is 1. The predicted molar refractivity (Wildman–Crippen MR) is 173 cm³/mol. The molecule has 0 saturated heterocycles. The van der Waals surface area contributed by atoms with Crippen LogP contribution < -0.4 is 9.64 Å². The number of Topliss-reactive ketones (excluding diaryl/α,β-unsaturated/α-hetero) is 1. The molecule has 0 spiro atoms. The standard InChI is InChI=1S/C34H62NO6P/c1-5-6-7-8-9-10-11-12-13-14-15-16-17-18-19-22-26-39-34-24-21-20-23-33(34)29-32(28-31(2)36)30-41-42(37,38)40-27-25-35(3)4/h20-21,23-24,32H,5-19,22,25-30H2,1-4H3,(H,37,38)/p+1. The van der Waals surface area contributed by atoms with Crippen molar-refractivity contribution >= 4 is 13.6 Å². The van der Waals surface area contributed by atoms with E-state index in [1.807, 2.05) is 38.4 Å². The summed E-state index contributed by atoms with van der Waals surface area (Å²) in [7, 11) is -0.287. The normalized spacial score (nSPS) is 13.8. The third-order valence-corrected chi connectivity index (χ3v) is 8.63. The number of carbonyl (C=O) groups excluding carboxylic acids is 1. The van der Waals surface area contributed by atoms with Crippen molar-refractivity contribution in [2.45, 2.75) is 129 Å². The van der Waals surface area contributed by atoms with Crippen LogP contribution in [0.2, 0.25) is 0 Å². The molecule has 244 valence electrons. The molecular formula is C34H63NO6P+. The van der Waals surface area contributed by atoms with Gasteiger partial charge in [0.2, 0.25) is 0 Å². The molecule has 0 fully saturated rings. The van der Waals surface area contributed by atoms with E-state index in [1.54, 1.807) is 0 Å². The van der Waals surface area contributed by atoms with E-state index in [9.17, 15) is 14.3 Å². The monoisotopic (exact) mass is 612 g/mol. The zero-order valence-corrected chi connectivity index (χ0v) is 28.3. The van der Waals surface area contributed by atoms with Crippen LogP contribution in [0.5, 0.6) is 5.75 Å². The average Bonchev–Trinajstić information content (AvgIpc) is 2.93. The smallest absolute Gasteiger partial charge is 0.472 e. The lowest BCUT2D eigenvalue weighted by atomic mass is 9.95. The van der Waals surface area contributed by atoms with Crippen molar-refractivity contribution < 1.29 is 32.9 Å². The SMILES string of the molecule is CCCCCCCCCCCCCCCCCCOc1ccccc1CC(COP(=O)(O)OCC[NH+](C)C)CC(C)=O. The fourth-order valence-corrected chi connectivity index (χ4v) is 5.95. The third kappa shape index (κ3) is 22.3. The highest BCUT2D eigenvalue weighted by Crippen LogP contribution is 2.43. The van der Waals surface area contributed by atoms with Gasteiger partial charge in [0.05, 0.1) is 27.3 Å². The molecule has 0 aliphatic carbocycles. The number of unbranched alkanes of at least 4 members (excludes halogenated alkanes) is 15. The fourth-order valence-electron chi connectivity index (χ4n) is 5.16. The molecule has 1 rings (SSSR count). The van der Waals surface area contributed by atoms with E-state index in [0.717, 1.165) is 22.6 Å². The molecule has 0 radical (unpaired) electrons. The molecule has 0 amide bonds. The Morgan fingerprint density at radius 2 is 1.33 bits per heavy atom. The first-order valence-corrected chi connectivity index (χ1v) is 18.3. The lowest BCUT2D eigenvalue weighted by Gasteiger charge is -2.20.